The number of hydrogen-bond acceptors (Lipinski definition) is 5. The summed E-state index contributed by atoms with van der Waals surface area (Å²) in [6.07, 6.45) is 2.37. The molecule has 0 bridgehead atoms. The molecule has 9 heteroatoms. The number of rotatable bonds is 9. The van der Waals surface area contributed by atoms with Crippen LogP contribution in [0.1, 0.15) is 47.5 Å². The maximum Gasteiger partial charge on any atom is 0.308 e. The van der Waals surface area contributed by atoms with Crippen molar-refractivity contribution in [2.24, 2.45) is 18.7 Å². The van der Waals surface area contributed by atoms with Crippen LogP contribution < -0.4 is 10.5 Å². The van der Waals surface area contributed by atoms with Crippen LogP contribution in [0.3, 0.4) is 0 Å². The molecule has 2 heterocycles. The zero-order valence-electron chi connectivity index (χ0n) is 20.3. The van der Waals surface area contributed by atoms with E-state index in [9.17, 15) is 9.90 Å². The standard InChI is InChI=1S/C25H32N4O3.2ClH/c1-15(2)10-22-20(12-26)24(18-8-6-16(3)7-9-18)21(17(4)27-22)14-32-25-19(11-23(30)31)13-29(5)28-25;;/h6-9,13,15H,10-12,14,26H2,1-5H3,(H,30,31);2*1H. The van der Waals surface area contributed by atoms with Crippen LogP contribution in [0.2, 0.25) is 0 Å². The number of nitrogens with two attached hydrogens (primary N) is 1. The van der Waals surface area contributed by atoms with Gasteiger partial charge in [-0.3, -0.25) is 14.5 Å². The van der Waals surface area contributed by atoms with E-state index in [-0.39, 0.29) is 37.8 Å². The molecule has 0 fully saturated rings. The van der Waals surface area contributed by atoms with Crippen molar-refractivity contribution in [2.75, 3.05) is 0 Å². The van der Waals surface area contributed by atoms with Crippen LogP contribution in [-0.4, -0.2) is 25.8 Å². The smallest absolute Gasteiger partial charge is 0.308 e. The van der Waals surface area contributed by atoms with E-state index in [1.54, 1.807) is 17.9 Å². The number of ether oxygens (including phenoxy) is 1. The average Bonchev–Trinajstić information content (AvgIpc) is 3.05. The van der Waals surface area contributed by atoms with E-state index in [0.717, 1.165) is 40.1 Å². The van der Waals surface area contributed by atoms with Crippen molar-refractivity contribution < 1.29 is 14.6 Å². The van der Waals surface area contributed by atoms with Crippen LogP contribution >= 0.6 is 24.8 Å². The van der Waals surface area contributed by atoms with Crippen LogP contribution in [0.4, 0.5) is 0 Å². The molecule has 3 aromatic rings. The first kappa shape index (κ1) is 29.4. The summed E-state index contributed by atoms with van der Waals surface area (Å²) in [5.41, 5.74) is 13.9. The topological polar surface area (TPSA) is 103 Å². The van der Waals surface area contributed by atoms with Crippen molar-refractivity contribution in [1.82, 2.24) is 14.8 Å². The highest BCUT2D eigenvalue weighted by Crippen LogP contribution is 2.33. The lowest BCUT2D eigenvalue weighted by atomic mass is 9.90. The summed E-state index contributed by atoms with van der Waals surface area (Å²) in [5, 5.41) is 13.5. The first-order valence-corrected chi connectivity index (χ1v) is 10.8. The Bertz CT molecular complexity index is 1110. The Hall–Kier alpha value is -2.61. The number of hydrogen-bond donors (Lipinski definition) is 2. The monoisotopic (exact) mass is 508 g/mol. The van der Waals surface area contributed by atoms with Crippen molar-refractivity contribution in [2.45, 2.75) is 53.7 Å². The molecule has 186 valence electrons. The van der Waals surface area contributed by atoms with Crippen LogP contribution in [0, 0.1) is 19.8 Å². The van der Waals surface area contributed by atoms with E-state index in [1.165, 1.54) is 5.56 Å². The molecule has 0 radical (unpaired) electrons. The summed E-state index contributed by atoms with van der Waals surface area (Å²) in [6, 6.07) is 8.37. The lowest BCUT2D eigenvalue weighted by Crippen LogP contribution is -2.14. The molecule has 0 atom stereocenters. The Balaban J connectivity index is 0.00000289. The maximum absolute atomic E-state index is 11.2. The van der Waals surface area contributed by atoms with Gasteiger partial charge < -0.3 is 15.6 Å². The van der Waals surface area contributed by atoms with E-state index in [4.69, 9.17) is 15.5 Å². The fraction of sp³-hybridized carbons (Fsp3) is 0.400. The third-order valence-corrected chi connectivity index (χ3v) is 5.40. The molecule has 3 N–H and O–H groups in total. The number of aromatic nitrogens is 3. The number of carbonyl (C=O) groups is 1. The summed E-state index contributed by atoms with van der Waals surface area (Å²) in [6.45, 7) is 8.98. The second kappa shape index (κ2) is 12.7. The molecular formula is C25H34Cl2N4O3. The van der Waals surface area contributed by atoms with Gasteiger partial charge in [0.05, 0.1) is 6.42 Å². The predicted octanol–water partition coefficient (Wildman–Crippen LogP) is 4.81. The number of carboxylic acids is 1. The normalized spacial score (nSPS) is 10.6. The zero-order valence-corrected chi connectivity index (χ0v) is 21.9. The zero-order chi connectivity index (χ0) is 23.4. The van der Waals surface area contributed by atoms with Crippen LogP contribution in [0.5, 0.6) is 5.88 Å². The van der Waals surface area contributed by atoms with Crippen molar-refractivity contribution in [3.05, 3.63) is 64.1 Å². The predicted molar refractivity (Wildman–Crippen MR) is 139 cm³/mol. The van der Waals surface area contributed by atoms with Gasteiger partial charge in [-0.05, 0) is 42.9 Å². The highest BCUT2D eigenvalue weighted by molar-refractivity contribution is 5.85. The van der Waals surface area contributed by atoms with Crippen molar-refractivity contribution in [3.63, 3.8) is 0 Å². The Labute approximate surface area is 213 Å². The number of halogens is 2. The first-order valence-electron chi connectivity index (χ1n) is 10.8. The second-order valence-corrected chi connectivity index (χ2v) is 8.64. The summed E-state index contributed by atoms with van der Waals surface area (Å²) in [4.78, 5) is 16.1. The van der Waals surface area contributed by atoms with Gasteiger partial charge in [-0.2, -0.15) is 0 Å². The number of aryl methyl sites for hydroxylation is 3. The minimum absolute atomic E-state index is 0. The van der Waals surface area contributed by atoms with E-state index in [1.807, 2.05) is 6.92 Å². The van der Waals surface area contributed by atoms with Crippen molar-refractivity contribution in [3.8, 4) is 17.0 Å². The van der Waals surface area contributed by atoms with Crippen molar-refractivity contribution >= 4 is 30.8 Å². The quantitative estimate of drug-likeness (QED) is 0.429. The summed E-state index contributed by atoms with van der Waals surface area (Å²) >= 11 is 0. The lowest BCUT2D eigenvalue weighted by Gasteiger charge is -2.21. The first-order chi connectivity index (χ1) is 15.2. The molecule has 0 amide bonds. The molecule has 0 aliphatic carbocycles. The van der Waals surface area contributed by atoms with Gasteiger partial charge in [0.25, 0.3) is 0 Å². The Morgan fingerprint density at radius 3 is 2.35 bits per heavy atom. The van der Waals surface area contributed by atoms with Crippen LogP contribution in [-0.2, 0) is 37.8 Å². The van der Waals surface area contributed by atoms with Gasteiger partial charge >= 0.3 is 5.97 Å². The SMILES string of the molecule is Cc1ccc(-c2c(COc3nn(C)cc3CC(=O)O)c(C)nc(CC(C)C)c2CN)cc1.Cl.Cl. The molecule has 3 rings (SSSR count). The summed E-state index contributed by atoms with van der Waals surface area (Å²) in [7, 11) is 1.75. The largest absolute Gasteiger partial charge is 0.481 e. The number of nitrogens with zero attached hydrogens (tertiary/aromatic N) is 3. The van der Waals surface area contributed by atoms with Gasteiger partial charge in [0.1, 0.15) is 6.61 Å². The molecule has 0 aliphatic heterocycles. The highest BCUT2D eigenvalue weighted by atomic mass is 35.5. The van der Waals surface area contributed by atoms with Gasteiger partial charge in [-0.25, -0.2) is 0 Å². The number of carboxylic acid groups (broad SMARTS) is 1. The Morgan fingerprint density at radius 2 is 1.79 bits per heavy atom. The minimum atomic E-state index is -0.926. The second-order valence-electron chi connectivity index (χ2n) is 8.64. The fourth-order valence-corrected chi connectivity index (χ4v) is 3.93. The third-order valence-electron chi connectivity index (χ3n) is 5.40. The van der Waals surface area contributed by atoms with E-state index in [2.05, 4.69) is 50.1 Å². The third kappa shape index (κ3) is 6.95. The van der Waals surface area contributed by atoms with Crippen LogP contribution in [0.25, 0.3) is 11.1 Å². The highest BCUT2D eigenvalue weighted by Gasteiger charge is 2.21. The van der Waals surface area contributed by atoms with Gasteiger partial charge in [0, 0.05) is 42.3 Å². The molecule has 0 aliphatic rings. The van der Waals surface area contributed by atoms with E-state index >= 15 is 0 Å². The molecule has 1 aromatic carbocycles. The maximum atomic E-state index is 11.2. The molecular weight excluding hydrogens is 475 g/mol. The molecule has 34 heavy (non-hydrogen) atoms. The van der Waals surface area contributed by atoms with Gasteiger partial charge in [0.2, 0.25) is 5.88 Å². The van der Waals surface area contributed by atoms with Crippen LogP contribution in [0.15, 0.2) is 30.5 Å². The minimum Gasteiger partial charge on any atom is -0.481 e. The average molecular weight is 509 g/mol. The lowest BCUT2D eigenvalue weighted by molar-refractivity contribution is -0.136. The van der Waals surface area contributed by atoms with Gasteiger partial charge in [0.15, 0.2) is 0 Å². The van der Waals surface area contributed by atoms with Gasteiger partial charge in [-0.15, -0.1) is 29.9 Å². The molecule has 0 saturated carbocycles. The number of aliphatic carboxylic acids is 1. The van der Waals surface area contributed by atoms with E-state index in [0.29, 0.717) is 23.9 Å². The van der Waals surface area contributed by atoms with E-state index < -0.39 is 5.97 Å². The van der Waals surface area contributed by atoms with Crippen molar-refractivity contribution in [1.29, 1.82) is 0 Å². The summed E-state index contributed by atoms with van der Waals surface area (Å²) in [5.74, 6) is -0.151. The molecule has 0 spiro atoms. The number of pyridine rings is 1. The Kier molecular flexibility index (Phi) is 11.0. The molecule has 7 nitrogen and oxygen atoms in total. The summed E-state index contributed by atoms with van der Waals surface area (Å²) < 4.78 is 7.62. The Morgan fingerprint density at radius 1 is 1.15 bits per heavy atom. The van der Waals surface area contributed by atoms with Gasteiger partial charge in [-0.1, -0.05) is 43.7 Å². The molecule has 0 saturated heterocycles. The number of benzene rings is 1. The molecule has 0 unspecified atom stereocenters. The molecule has 2 aromatic heterocycles. The fourth-order valence-electron chi connectivity index (χ4n) is 3.93.